The van der Waals surface area contributed by atoms with Gasteiger partial charge in [0.25, 0.3) is 0 Å². The standard InChI is InChI=1S/C16H16N4O/c1-19-10-12(9-18-19)14-7-15(14)16(21)20(2)13-5-3-4-11(6-13)8-17/h3-6,9-10,14-15H,7H2,1-2H3/t14-,15-/m0/s1. The molecule has 5 nitrogen and oxygen atoms in total. The lowest BCUT2D eigenvalue weighted by Gasteiger charge is -2.17. The van der Waals surface area contributed by atoms with Gasteiger partial charge in [0.2, 0.25) is 5.91 Å². The molecule has 0 spiro atoms. The van der Waals surface area contributed by atoms with Gasteiger partial charge in [-0.25, -0.2) is 0 Å². The number of aryl methyl sites for hydroxylation is 1. The smallest absolute Gasteiger partial charge is 0.230 e. The van der Waals surface area contributed by atoms with E-state index in [1.807, 2.05) is 25.5 Å². The van der Waals surface area contributed by atoms with E-state index in [2.05, 4.69) is 11.2 Å². The maximum atomic E-state index is 12.5. The van der Waals surface area contributed by atoms with Gasteiger partial charge >= 0.3 is 0 Å². The third kappa shape index (κ3) is 2.52. The number of hydrogen-bond donors (Lipinski definition) is 0. The molecule has 0 aliphatic heterocycles. The van der Waals surface area contributed by atoms with Gasteiger partial charge < -0.3 is 4.90 Å². The highest BCUT2D eigenvalue weighted by Gasteiger charge is 2.46. The molecule has 0 bridgehead atoms. The molecule has 2 aromatic rings. The summed E-state index contributed by atoms with van der Waals surface area (Å²) in [7, 11) is 3.64. The van der Waals surface area contributed by atoms with Crippen molar-refractivity contribution in [2.24, 2.45) is 13.0 Å². The normalized spacial score (nSPS) is 19.9. The predicted octanol–water partition coefficient (Wildman–Crippen LogP) is 2.06. The van der Waals surface area contributed by atoms with Gasteiger partial charge in [-0.05, 0) is 36.1 Å². The average molecular weight is 280 g/mol. The zero-order valence-corrected chi connectivity index (χ0v) is 12.0. The first-order valence-corrected chi connectivity index (χ1v) is 6.86. The first-order valence-electron chi connectivity index (χ1n) is 6.86. The van der Waals surface area contributed by atoms with E-state index in [1.165, 1.54) is 0 Å². The Morgan fingerprint density at radius 3 is 3.00 bits per heavy atom. The minimum absolute atomic E-state index is 0.0185. The molecular formula is C16H16N4O. The van der Waals surface area contributed by atoms with Crippen molar-refractivity contribution in [1.82, 2.24) is 9.78 Å². The molecule has 0 N–H and O–H groups in total. The van der Waals surface area contributed by atoms with E-state index in [9.17, 15) is 4.79 Å². The maximum absolute atomic E-state index is 12.5. The Kier molecular flexibility index (Phi) is 3.22. The molecule has 1 aromatic heterocycles. The summed E-state index contributed by atoms with van der Waals surface area (Å²) in [6, 6.07) is 9.21. The third-order valence-corrected chi connectivity index (χ3v) is 3.95. The molecule has 1 fully saturated rings. The van der Waals surface area contributed by atoms with Crippen LogP contribution in [0.3, 0.4) is 0 Å². The summed E-state index contributed by atoms with van der Waals surface area (Å²) in [4.78, 5) is 14.2. The lowest BCUT2D eigenvalue weighted by atomic mass is 10.1. The van der Waals surface area contributed by atoms with E-state index in [1.54, 1.807) is 34.8 Å². The summed E-state index contributed by atoms with van der Waals surface area (Å²) in [6.07, 6.45) is 4.66. The monoisotopic (exact) mass is 280 g/mol. The van der Waals surface area contributed by atoms with Crippen molar-refractivity contribution >= 4 is 11.6 Å². The van der Waals surface area contributed by atoms with Crippen LogP contribution in [0, 0.1) is 17.2 Å². The van der Waals surface area contributed by atoms with Crippen LogP contribution >= 0.6 is 0 Å². The first kappa shape index (κ1) is 13.4. The van der Waals surface area contributed by atoms with Crippen LogP contribution in [0.2, 0.25) is 0 Å². The summed E-state index contributed by atoms with van der Waals surface area (Å²) in [5, 5.41) is 13.1. The molecule has 1 heterocycles. The van der Waals surface area contributed by atoms with Crippen LogP contribution < -0.4 is 4.90 Å². The molecule has 0 radical (unpaired) electrons. The van der Waals surface area contributed by atoms with E-state index in [0.29, 0.717) is 5.56 Å². The number of carbonyl (C=O) groups excluding carboxylic acids is 1. The van der Waals surface area contributed by atoms with Crippen LogP contribution in [0.15, 0.2) is 36.7 Å². The van der Waals surface area contributed by atoms with Crippen LogP contribution in [0.4, 0.5) is 5.69 Å². The van der Waals surface area contributed by atoms with Crippen molar-refractivity contribution < 1.29 is 4.79 Å². The molecule has 3 rings (SSSR count). The Hall–Kier alpha value is -2.61. The van der Waals surface area contributed by atoms with Crippen molar-refractivity contribution in [3.05, 3.63) is 47.8 Å². The predicted molar refractivity (Wildman–Crippen MR) is 78.6 cm³/mol. The molecule has 21 heavy (non-hydrogen) atoms. The Morgan fingerprint density at radius 1 is 1.52 bits per heavy atom. The number of aromatic nitrogens is 2. The SMILES string of the molecule is CN(C(=O)[C@H]1C[C@H]1c1cnn(C)c1)c1cccc(C#N)c1. The minimum Gasteiger partial charge on any atom is -0.315 e. The summed E-state index contributed by atoms with van der Waals surface area (Å²) in [5.74, 6) is 0.386. The fraction of sp³-hybridized carbons (Fsp3) is 0.312. The Labute approximate surface area is 123 Å². The molecule has 1 aliphatic carbocycles. The number of benzene rings is 1. The van der Waals surface area contributed by atoms with Gasteiger partial charge in [0.15, 0.2) is 0 Å². The highest BCUT2D eigenvalue weighted by molar-refractivity contribution is 5.97. The number of carbonyl (C=O) groups is 1. The van der Waals surface area contributed by atoms with E-state index in [4.69, 9.17) is 5.26 Å². The van der Waals surface area contributed by atoms with E-state index in [-0.39, 0.29) is 17.7 Å². The Morgan fingerprint density at radius 2 is 2.33 bits per heavy atom. The van der Waals surface area contributed by atoms with Crippen LogP contribution in [0.5, 0.6) is 0 Å². The van der Waals surface area contributed by atoms with Crippen LogP contribution in [-0.2, 0) is 11.8 Å². The van der Waals surface area contributed by atoms with Crippen LogP contribution in [-0.4, -0.2) is 22.7 Å². The fourth-order valence-electron chi connectivity index (χ4n) is 2.63. The molecule has 1 amide bonds. The lowest BCUT2D eigenvalue weighted by molar-refractivity contribution is -0.119. The second-order valence-electron chi connectivity index (χ2n) is 5.46. The second-order valence-corrected chi connectivity index (χ2v) is 5.46. The number of hydrogen-bond acceptors (Lipinski definition) is 3. The largest absolute Gasteiger partial charge is 0.315 e. The topological polar surface area (TPSA) is 61.9 Å². The number of nitrogens with zero attached hydrogens (tertiary/aromatic N) is 4. The Balaban J connectivity index is 1.73. The Bertz CT molecular complexity index is 728. The number of nitriles is 1. The van der Waals surface area contributed by atoms with Gasteiger partial charge in [-0.2, -0.15) is 10.4 Å². The van der Waals surface area contributed by atoms with E-state index < -0.39 is 0 Å². The molecule has 0 saturated heterocycles. The van der Waals surface area contributed by atoms with E-state index >= 15 is 0 Å². The molecule has 106 valence electrons. The lowest BCUT2D eigenvalue weighted by Crippen LogP contribution is -2.28. The average Bonchev–Trinajstić information content (AvgIpc) is 3.20. The zero-order chi connectivity index (χ0) is 15.0. The van der Waals surface area contributed by atoms with Gasteiger partial charge in [-0.1, -0.05) is 6.07 Å². The summed E-state index contributed by atoms with van der Waals surface area (Å²) in [5.41, 5.74) is 2.44. The molecule has 1 aliphatic rings. The van der Waals surface area contributed by atoms with Gasteiger partial charge in [0, 0.05) is 31.9 Å². The van der Waals surface area contributed by atoms with Crippen molar-refractivity contribution in [3.63, 3.8) is 0 Å². The van der Waals surface area contributed by atoms with Gasteiger partial charge in [-0.15, -0.1) is 0 Å². The number of rotatable bonds is 3. The highest BCUT2D eigenvalue weighted by atomic mass is 16.2. The van der Waals surface area contributed by atoms with Crippen molar-refractivity contribution in [2.75, 3.05) is 11.9 Å². The summed E-state index contributed by atoms with van der Waals surface area (Å²) in [6.45, 7) is 0. The van der Waals surface area contributed by atoms with Gasteiger partial charge in [0.05, 0.1) is 17.8 Å². The van der Waals surface area contributed by atoms with Crippen molar-refractivity contribution in [1.29, 1.82) is 5.26 Å². The zero-order valence-electron chi connectivity index (χ0n) is 12.0. The third-order valence-electron chi connectivity index (χ3n) is 3.95. The first-order chi connectivity index (χ1) is 10.1. The molecule has 0 unspecified atom stereocenters. The number of amides is 1. The van der Waals surface area contributed by atoms with Crippen LogP contribution in [0.1, 0.15) is 23.5 Å². The quantitative estimate of drug-likeness (QED) is 0.864. The number of anilines is 1. The molecule has 1 saturated carbocycles. The van der Waals surface area contributed by atoms with E-state index in [0.717, 1.165) is 17.7 Å². The van der Waals surface area contributed by atoms with Crippen molar-refractivity contribution in [3.8, 4) is 6.07 Å². The van der Waals surface area contributed by atoms with Gasteiger partial charge in [0.1, 0.15) is 0 Å². The summed E-state index contributed by atoms with van der Waals surface area (Å²) < 4.78 is 1.76. The van der Waals surface area contributed by atoms with Gasteiger partial charge in [-0.3, -0.25) is 9.48 Å². The summed E-state index contributed by atoms with van der Waals surface area (Å²) >= 11 is 0. The van der Waals surface area contributed by atoms with Crippen LogP contribution in [0.25, 0.3) is 0 Å². The molecule has 5 heteroatoms. The molecule has 2 atom stereocenters. The fourth-order valence-corrected chi connectivity index (χ4v) is 2.63. The highest BCUT2D eigenvalue weighted by Crippen LogP contribution is 2.48. The molecular weight excluding hydrogens is 264 g/mol. The second kappa shape index (κ2) is 5.06. The molecule has 1 aromatic carbocycles. The maximum Gasteiger partial charge on any atom is 0.230 e. The minimum atomic E-state index is 0.0185. The van der Waals surface area contributed by atoms with Crippen molar-refractivity contribution in [2.45, 2.75) is 12.3 Å².